The van der Waals surface area contributed by atoms with E-state index in [1.807, 2.05) is 0 Å². The van der Waals surface area contributed by atoms with Gasteiger partial charge in [-0.25, -0.2) is 0 Å². The van der Waals surface area contributed by atoms with Gasteiger partial charge in [0.1, 0.15) is 0 Å². The Labute approximate surface area is 183 Å². The summed E-state index contributed by atoms with van der Waals surface area (Å²) in [7, 11) is 0. The Kier molecular flexibility index (Phi) is 10.7. The van der Waals surface area contributed by atoms with Gasteiger partial charge in [0.2, 0.25) is 0 Å². The minimum Gasteiger partial charge on any atom is -0.103 e. The minimum atomic E-state index is 0.831. The number of rotatable bonds is 11. The Hall–Kier alpha value is -0.260. The number of hydrogen-bond acceptors (Lipinski definition) is 0. The molecular formula is C29H52. The summed E-state index contributed by atoms with van der Waals surface area (Å²) in [6.07, 6.45) is 32.4. The summed E-state index contributed by atoms with van der Waals surface area (Å²) in [4.78, 5) is 0. The summed E-state index contributed by atoms with van der Waals surface area (Å²) < 4.78 is 0. The first-order valence-electron chi connectivity index (χ1n) is 13.9. The Morgan fingerprint density at radius 2 is 0.931 bits per heavy atom. The van der Waals surface area contributed by atoms with Crippen LogP contribution in [-0.2, 0) is 0 Å². The fourth-order valence-electron chi connectivity index (χ4n) is 7.16. The van der Waals surface area contributed by atoms with Crippen molar-refractivity contribution in [1.29, 1.82) is 0 Å². The molecule has 0 atom stereocenters. The molecule has 0 N–H and O–H groups in total. The summed E-state index contributed by atoms with van der Waals surface area (Å²) in [5.41, 5.74) is 0. The van der Waals surface area contributed by atoms with Crippen LogP contribution in [0.4, 0.5) is 0 Å². The zero-order valence-corrected chi connectivity index (χ0v) is 19.9. The highest BCUT2D eigenvalue weighted by molar-refractivity contribution is 4.84. The molecule has 0 saturated heterocycles. The molecule has 0 bridgehead atoms. The molecule has 0 aromatic carbocycles. The topological polar surface area (TPSA) is 0 Å². The third-order valence-corrected chi connectivity index (χ3v) is 9.36. The van der Waals surface area contributed by atoms with Crippen LogP contribution in [0.5, 0.6) is 0 Å². The lowest BCUT2D eigenvalue weighted by Gasteiger charge is -2.38. The summed E-state index contributed by atoms with van der Waals surface area (Å²) >= 11 is 0. The molecular weight excluding hydrogens is 348 g/mol. The van der Waals surface area contributed by atoms with E-state index in [1.54, 1.807) is 57.8 Å². The Bertz CT molecular complexity index is 413. The van der Waals surface area contributed by atoms with Gasteiger partial charge in [-0.2, -0.15) is 0 Å². The van der Waals surface area contributed by atoms with Crippen molar-refractivity contribution in [2.75, 3.05) is 0 Å². The number of allylic oxidation sites excluding steroid dienone is 1. The fourth-order valence-corrected chi connectivity index (χ4v) is 7.16. The fraction of sp³-hybridized carbons (Fsp3) is 0.931. The van der Waals surface area contributed by atoms with E-state index in [0.717, 1.165) is 35.5 Å². The van der Waals surface area contributed by atoms with Crippen LogP contribution in [0.1, 0.15) is 135 Å². The molecule has 0 amide bonds. The summed E-state index contributed by atoms with van der Waals surface area (Å²) in [5.74, 6) is 6.23. The first-order valence-corrected chi connectivity index (χ1v) is 13.9. The predicted molar refractivity (Wildman–Crippen MR) is 129 cm³/mol. The zero-order valence-electron chi connectivity index (χ0n) is 19.9. The van der Waals surface area contributed by atoms with Crippen LogP contribution in [0, 0.1) is 35.5 Å². The first-order chi connectivity index (χ1) is 14.3. The molecule has 0 unspecified atom stereocenters. The van der Waals surface area contributed by atoms with E-state index in [9.17, 15) is 0 Å². The van der Waals surface area contributed by atoms with Gasteiger partial charge in [0.05, 0.1) is 0 Å². The van der Waals surface area contributed by atoms with Gasteiger partial charge in [0.15, 0.2) is 0 Å². The van der Waals surface area contributed by atoms with Crippen molar-refractivity contribution in [3.63, 3.8) is 0 Å². The third kappa shape index (κ3) is 8.06. The molecule has 29 heavy (non-hydrogen) atoms. The molecule has 3 aliphatic rings. The summed E-state index contributed by atoms with van der Waals surface area (Å²) in [6, 6.07) is 0. The van der Waals surface area contributed by atoms with E-state index >= 15 is 0 Å². The van der Waals surface area contributed by atoms with E-state index in [2.05, 4.69) is 19.6 Å². The second kappa shape index (κ2) is 13.2. The molecule has 0 aromatic rings. The number of hydrogen-bond donors (Lipinski definition) is 0. The molecule has 0 spiro atoms. The average Bonchev–Trinajstić information content (AvgIpc) is 2.78. The highest BCUT2D eigenvalue weighted by atomic mass is 14.4. The molecule has 0 radical (unpaired) electrons. The van der Waals surface area contributed by atoms with Gasteiger partial charge in [0, 0.05) is 0 Å². The molecule has 0 heterocycles. The minimum absolute atomic E-state index is 0.831. The molecule has 3 aliphatic carbocycles. The summed E-state index contributed by atoms with van der Waals surface area (Å²) in [6.45, 7) is 6.32. The average molecular weight is 401 g/mol. The lowest BCUT2D eigenvalue weighted by Crippen LogP contribution is -2.26. The van der Waals surface area contributed by atoms with Crippen molar-refractivity contribution >= 4 is 0 Å². The second-order valence-corrected chi connectivity index (χ2v) is 11.4. The standard InChI is InChI=1S/C29H52/c1-3-5-6-9-26-16-20-28(21-17-26)29-22-18-27(19-23-29)11-8-7-10-25-14-12-24(4-2)13-15-25/h4,24-29H,2-3,5-23H2,1H3. The lowest BCUT2D eigenvalue weighted by atomic mass is 9.68. The van der Waals surface area contributed by atoms with Gasteiger partial charge in [-0.1, -0.05) is 90.0 Å². The maximum Gasteiger partial charge on any atom is -0.0236 e. The molecule has 3 fully saturated rings. The molecule has 3 rings (SSSR count). The molecule has 168 valence electrons. The van der Waals surface area contributed by atoms with E-state index < -0.39 is 0 Å². The maximum absolute atomic E-state index is 3.99. The molecule has 0 heteroatoms. The van der Waals surface area contributed by atoms with Crippen LogP contribution in [0.15, 0.2) is 12.7 Å². The van der Waals surface area contributed by atoms with Gasteiger partial charge < -0.3 is 0 Å². The van der Waals surface area contributed by atoms with Gasteiger partial charge in [-0.05, 0) is 86.9 Å². The largest absolute Gasteiger partial charge is 0.103 e. The van der Waals surface area contributed by atoms with Crippen LogP contribution >= 0.6 is 0 Å². The molecule has 3 saturated carbocycles. The highest BCUT2D eigenvalue weighted by Crippen LogP contribution is 2.43. The first kappa shape index (κ1) is 23.4. The summed E-state index contributed by atoms with van der Waals surface area (Å²) in [5, 5.41) is 0. The zero-order chi connectivity index (χ0) is 20.3. The van der Waals surface area contributed by atoms with E-state index in [1.165, 1.54) is 70.6 Å². The highest BCUT2D eigenvalue weighted by Gasteiger charge is 2.30. The van der Waals surface area contributed by atoms with E-state index in [4.69, 9.17) is 0 Å². The Morgan fingerprint density at radius 1 is 0.552 bits per heavy atom. The van der Waals surface area contributed by atoms with Crippen molar-refractivity contribution in [1.82, 2.24) is 0 Å². The lowest BCUT2D eigenvalue weighted by molar-refractivity contribution is 0.139. The van der Waals surface area contributed by atoms with Crippen molar-refractivity contribution in [2.45, 2.75) is 135 Å². The van der Waals surface area contributed by atoms with Crippen molar-refractivity contribution in [3.8, 4) is 0 Å². The molecule has 0 nitrogen and oxygen atoms in total. The third-order valence-electron chi connectivity index (χ3n) is 9.36. The monoisotopic (exact) mass is 400 g/mol. The SMILES string of the molecule is C=CC1CCC(CCCCC2CCC(C3CCC(CCCCC)CC3)CC2)CC1. The van der Waals surface area contributed by atoms with Crippen LogP contribution in [0.3, 0.4) is 0 Å². The Morgan fingerprint density at radius 3 is 1.31 bits per heavy atom. The van der Waals surface area contributed by atoms with Crippen LogP contribution in [0.2, 0.25) is 0 Å². The van der Waals surface area contributed by atoms with Gasteiger partial charge >= 0.3 is 0 Å². The van der Waals surface area contributed by atoms with Crippen LogP contribution < -0.4 is 0 Å². The van der Waals surface area contributed by atoms with E-state index in [0.29, 0.717) is 0 Å². The number of unbranched alkanes of at least 4 members (excludes halogenated alkanes) is 3. The molecule has 0 aromatic heterocycles. The normalized spacial score (nSPS) is 36.0. The van der Waals surface area contributed by atoms with Gasteiger partial charge in [-0.15, -0.1) is 6.58 Å². The van der Waals surface area contributed by atoms with E-state index in [-0.39, 0.29) is 0 Å². The maximum atomic E-state index is 3.99. The quantitative estimate of drug-likeness (QED) is 0.239. The van der Waals surface area contributed by atoms with Crippen molar-refractivity contribution < 1.29 is 0 Å². The smallest absolute Gasteiger partial charge is 0.0236 e. The van der Waals surface area contributed by atoms with Crippen molar-refractivity contribution in [2.24, 2.45) is 35.5 Å². The second-order valence-electron chi connectivity index (χ2n) is 11.4. The van der Waals surface area contributed by atoms with Crippen LogP contribution in [0.25, 0.3) is 0 Å². The Balaban J connectivity index is 1.21. The van der Waals surface area contributed by atoms with Crippen LogP contribution in [-0.4, -0.2) is 0 Å². The van der Waals surface area contributed by atoms with Crippen molar-refractivity contribution in [3.05, 3.63) is 12.7 Å². The van der Waals surface area contributed by atoms with Gasteiger partial charge in [-0.3, -0.25) is 0 Å². The molecule has 0 aliphatic heterocycles. The van der Waals surface area contributed by atoms with Gasteiger partial charge in [0.25, 0.3) is 0 Å². The predicted octanol–water partition coefficient (Wildman–Crippen LogP) is 9.73.